The maximum atomic E-state index is 14.2. The minimum atomic E-state index is -4.95. The minimum Gasteiger partial charge on any atom is -0.507 e. The first-order valence-electron chi connectivity index (χ1n) is 11.0. The van der Waals surface area contributed by atoms with Crippen LogP contribution in [-0.4, -0.2) is 36.8 Å². The van der Waals surface area contributed by atoms with Crippen molar-refractivity contribution in [2.75, 3.05) is 20.8 Å². The molecule has 6 nitrogen and oxygen atoms in total. The van der Waals surface area contributed by atoms with Crippen molar-refractivity contribution in [1.29, 1.82) is 0 Å². The highest BCUT2D eigenvalue weighted by Gasteiger charge is 2.40. The Morgan fingerprint density at radius 2 is 1.85 bits per heavy atom. The topological polar surface area (TPSA) is 72.1 Å². The molecule has 0 radical (unpaired) electrons. The van der Waals surface area contributed by atoms with Crippen molar-refractivity contribution in [2.24, 2.45) is 0 Å². The molecule has 1 aliphatic heterocycles. The lowest BCUT2D eigenvalue weighted by Gasteiger charge is -2.33. The Balaban J connectivity index is 1.96. The molecule has 0 spiro atoms. The third-order valence-corrected chi connectivity index (χ3v) is 6.37. The molecule has 2 aromatic carbocycles. The molecule has 1 unspecified atom stereocenters. The molecule has 1 aromatic heterocycles. The van der Waals surface area contributed by atoms with E-state index >= 15 is 0 Å². The van der Waals surface area contributed by atoms with Gasteiger partial charge in [0.1, 0.15) is 11.3 Å². The van der Waals surface area contributed by atoms with Crippen LogP contribution in [0.3, 0.4) is 0 Å². The number of phenolic OH excluding ortho intramolecular Hbond substituents is 1. The van der Waals surface area contributed by atoms with Gasteiger partial charge in [0, 0.05) is 12.6 Å². The average Bonchev–Trinajstić information content (AvgIpc) is 2.81. The molecule has 34 heavy (non-hydrogen) atoms. The predicted molar refractivity (Wildman–Crippen MR) is 121 cm³/mol. The van der Waals surface area contributed by atoms with Crippen molar-refractivity contribution < 1.29 is 32.2 Å². The van der Waals surface area contributed by atoms with Crippen molar-refractivity contribution in [1.82, 2.24) is 4.90 Å². The van der Waals surface area contributed by atoms with Gasteiger partial charge in [0.25, 0.3) is 0 Å². The molecule has 9 heteroatoms. The smallest absolute Gasteiger partial charge is 0.450 e. The van der Waals surface area contributed by atoms with Gasteiger partial charge in [0.15, 0.2) is 11.5 Å². The fourth-order valence-electron chi connectivity index (χ4n) is 4.51. The molecule has 0 amide bonds. The number of likely N-dealkylation sites (tertiary alicyclic amines) is 1. The lowest BCUT2D eigenvalue weighted by atomic mass is 9.98. The summed E-state index contributed by atoms with van der Waals surface area (Å²) in [7, 11) is 2.76. The van der Waals surface area contributed by atoms with E-state index in [1.165, 1.54) is 44.6 Å². The second-order valence-corrected chi connectivity index (χ2v) is 8.46. The molecular weight excluding hydrogens is 451 g/mol. The number of piperidine rings is 1. The molecule has 1 saturated heterocycles. The zero-order valence-electron chi connectivity index (χ0n) is 19.2. The zero-order valence-corrected chi connectivity index (χ0v) is 19.2. The van der Waals surface area contributed by atoms with Gasteiger partial charge < -0.3 is 19.0 Å². The molecule has 0 aliphatic carbocycles. The number of nitrogens with zero attached hydrogens (tertiary/aromatic N) is 1. The number of fused-ring (bicyclic) bond motifs is 1. The van der Waals surface area contributed by atoms with E-state index in [0.29, 0.717) is 5.75 Å². The quantitative estimate of drug-likeness (QED) is 0.518. The van der Waals surface area contributed by atoms with Crippen LogP contribution in [0.2, 0.25) is 0 Å². The minimum absolute atomic E-state index is 0.0140. The normalized spacial score (nSPS) is 17.2. The number of phenols is 1. The van der Waals surface area contributed by atoms with Crippen molar-refractivity contribution in [3.05, 3.63) is 51.9 Å². The summed E-state index contributed by atoms with van der Waals surface area (Å²) in [5.74, 6) is -1.14. The van der Waals surface area contributed by atoms with Gasteiger partial charge in [-0.25, -0.2) is 0 Å². The summed E-state index contributed by atoms with van der Waals surface area (Å²) in [6, 6.07) is 6.91. The van der Waals surface area contributed by atoms with Gasteiger partial charge in [0.2, 0.25) is 11.2 Å². The summed E-state index contributed by atoms with van der Waals surface area (Å²) < 4.78 is 58.3. The van der Waals surface area contributed by atoms with Crippen LogP contribution in [-0.2, 0) is 12.7 Å². The van der Waals surface area contributed by atoms with Crippen LogP contribution in [0.15, 0.2) is 39.5 Å². The molecule has 3 aromatic rings. The summed E-state index contributed by atoms with van der Waals surface area (Å²) in [6.45, 7) is 2.96. The van der Waals surface area contributed by atoms with Gasteiger partial charge in [0.05, 0.1) is 30.7 Å². The van der Waals surface area contributed by atoms with Gasteiger partial charge in [-0.15, -0.1) is 0 Å². The van der Waals surface area contributed by atoms with Crippen molar-refractivity contribution in [3.63, 3.8) is 0 Å². The second-order valence-electron chi connectivity index (χ2n) is 8.46. The van der Waals surface area contributed by atoms with E-state index in [1.807, 2.05) is 6.92 Å². The number of halogens is 3. The first-order chi connectivity index (χ1) is 16.2. The van der Waals surface area contributed by atoms with Crippen LogP contribution in [0.25, 0.3) is 22.1 Å². The summed E-state index contributed by atoms with van der Waals surface area (Å²) in [5.41, 5.74) is -1.55. The van der Waals surface area contributed by atoms with Crippen LogP contribution in [0.1, 0.15) is 37.5 Å². The van der Waals surface area contributed by atoms with E-state index in [2.05, 4.69) is 4.90 Å². The average molecular weight is 477 g/mol. The second kappa shape index (κ2) is 9.21. The highest BCUT2D eigenvalue weighted by Crippen LogP contribution is 2.41. The van der Waals surface area contributed by atoms with Gasteiger partial charge in [-0.2, -0.15) is 13.2 Å². The molecule has 1 fully saturated rings. The molecule has 0 saturated carbocycles. The summed E-state index contributed by atoms with van der Waals surface area (Å²) in [5, 5.41) is 10.5. The molecule has 4 rings (SSSR count). The van der Waals surface area contributed by atoms with Gasteiger partial charge in [-0.3, -0.25) is 9.69 Å². The number of ether oxygens (including phenoxy) is 2. The Hall–Kier alpha value is -3.20. The number of benzene rings is 2. The van der Waals surface area contributed by atoms with Crippen molar-refractivity contribution in [3.8, 4) is 28.4 Å². The number of hydrogen-bond acceptors (Lipinski definition) is 6. The first kappa shape index (κ1) is 23.9. The molecule has 1 N–H and O–H groups in total. The molecule has 2 heterocycles. The van der Waals surface area contributed by atoms with Crippen molar-refractivity contribution >= 4 is 11.0 Å². The first-order valence-corrected chi connectivity index (χ1v) is 11.0. The third kappa shape index (κ3) is 4.32. The largest absolute Gasteiger partial charge is 0.507 e. The maximum Gasteiger partial charge on any atom is 0.450 e. The predicted octanol–water partition coefficient (Wildman–Crippen LogP) is 5.58. The van der Waals surface area contributed by atoms with E-state index in [9.17, 15) is 23.1 Å². The Kier molecular flexibility index (Phi) is 6.49. The molecular formula is C25H26F3NO5. The van der Waals surface area contributed by atoms with Gasteiger partial charge in [-0.05, 0) is 56.1 Å². The molecule has 1 atom stereocenters. The Labute approximate surface area is 194 Å². The monoisotopic (exact) mass is 477 g/mol. The third-order valence-electron chi connectivity index (χ3n) is 6.37. The van der Waals surface area contributed by atoms with Crippen LogP contribution < -0.4 is 14.9 Å². The fourth-order valence-corrected chi connectivity index (χ4v) is 4.51. The number of rotatable bonds is 5. The van der Waals surface area contributed by atoms with Crippen molar-refractivity contribution in [2.45, 2.75) is 44.9 Å². The summed E-state index contributed by atoms with van der Waals surface area (Å²) >= 11 is 0. The number of hydrogen-bond donors (Lipinski definition) is 1. The Morgan fingerprint density at radius 3 is 2.50 bits per heavy atom. The highest BCUT2D eigenvalue weighted by atomic mass is 19.4. The zero-order chi connectivity index (χ0) is 24.6. The summed E-state index contributed by atoms with van der Waals surface area (Å²) in [4.78, 5) is 15.5. The molecule has 1 aliphatic rings. The number of alkyl halides is 3. The lowest BCUT2D eigenvalue weighted by Crippen LogP contribution is -2.36. The van der Waals surface area contributed by atoms with Crippen LogP contribution in [0.4, 0.5) is 13.2 Å². The maximum absolute atomic E-state index is 14.2. The van der Waals surface area contributed by atoms with Crippen LogP contribution in [0, 0.1) is 0 Å². The standard InChI is InChI=1S/C25H26F3NO5/c1-14-6-4-5-11-29(14)13-17-18(30)9-8-16-22(31)21(24(25(26,27)28)34-23(16)17)15-7-10-19(32-2)20(12-15)33-3/h7-10,12,14,30H,4-6,11,13H2,1-3H3. The van der Waals surface area contributed by atoms with E-state index < -0.39 is 22.9 Å². The Morgan fingerprint density at radius 1 is 1.12 bits per heavy atom. The van der Waals surface area contributed by atoms with E-state index in [4.69, 9.17) is 13.9 Å². The number of methoxy groups -OCH3 is 2. The van der Waals surface area contributed by atoms with Crippen LogP contribution in [0.5, 0.6) is 17.2 Å². The van der Waals surface area contributed by atoms with Crippen LogP contribution >= 0.6 is 0 Å². The Bertz CT molecular complexity index is 1270. The van der Waals surface area contributed by atoms with Gasteiger partial charge in [-0.1, -0.05) is 12.5 Å². The van der Waals surface area contributed by atoms with E-state index in [0.717, 1.165) is 25.8 Å². The lowest BCUT2D eigenvalue weighted by molar-refractivity contribution is -0.152. The van der Waals surface area contributed by atoms with Gasteiger partial charge >= 0.3 is 6.18 Å². The molecule has 182 valence electrons. The molecule has 0 bridgehead atoms. The highest BCUT2D eigenvalue weighted by molar-refractivity contribution is 5.87. The fraction of sp³-hybridized carbons (Fsp3) is 0.400. The SMILES string of the molecule is COc1ccc(-c2c(C(F)(F)F)oc3c(CN4CCCCC4C)c(O)ccc3c2=O)cc1OC. The number of aromatic hydroxyl groups is 1. The van der Waals surface area contributed by atoms with E-state index in [1.54, 1.807) is 0 Å². The van der Waals surface area contributed by atoms with E-state index in [-0.39, 0.29) is 46.2 Å². The summed E-state index contributed by atoms with van der Waals surface area (Å²) in [6.07, 6.45) is -1.97.